The highest BCUT2D eigenvalue weighted by Gasteiger charge is 2.31. The summed E-state index contributed by atoms with van der Waals surface area (Å²) in [6.07, 6.45) is -0.240. The zero-order valence-electron chi connectivity index (χ0n) is 5.79. The summed E-state index contributed by atoms with van der Waals surface area (Å²) in [6.45, 7) is 0. The van der Waals surface area contributed by atoms with Crippen LogP contribution in [0.15, 0.2) is 9.81 Å². The van der Waals surface area contributed by atoms with Crippen LogP contribution in [0, 0.1) is 0 Å². The van der Waals surface area contributed by atoms with E-state index in [1.807, 2.05) is 0 Å². The Hall–Kier alpha value is -0.130. The Balaban J connectivity index is 2.32. The molecule has 5 heteroatoms. The summed E-state index contributed by atoms with van der Waals surface area (Å²) >= 11 is 3.31. The number of nitrogens with one attached hydrogen (secondary N) is 1. The van der Waals surface area contributed by atoms with E-state index in [2.05, 4.69) is 5.32 Å². The van der Waals surface area contributed by atoms with E-state index < -0.39 is 0 Å². The van der Waals surface area contributed by atoms with Gasteiger partial charge in [-0.15, -0.1) is 23.5 Å². The number of hydrogen-bond donors (Lipinski definition) is 2. The molecule has 0 aromatic heterocycles. The van der Waals surface area contributed by atoms with Crippen LogP contribution in [0.25, 0.3) is 0 Å². The Kier molecular flexibility index (Phi) is 1.86. The first-order valence-electron chi connectivity index (χ1n) is 3.35. The predicted molar refractivity (Wildman–Crippen MR) is 48.1 cm³/mol. The Bertz CT molecular complexity index is 239. The topological polar surface area (TPSA) is 55.1 Å². The SMILES string of the molecule is NC1NC(=O)C2=C1SCCS2. The Morgan fingerprint density at radius 3 is 2.91 bits per heavy atom. The molecule has 0 saturated heterocycles. The Morgan fingerprint density at radius 1 is 1.45 bits per heavy atom. The van der Waals surface area contributed by atoms with Crippen molar-refractivity contribution in [3.63, 3.8) is 0 Å². The fourth-order valence-electron chi connectivity index (χ4n) is 1.11. The summed E-state index contributed by atoms with van der Waals surface area (Å²) in [4.78, 5) is 13.0. The van der Waals surface area contributed by atoms with Crippen LogP contribution in [0.4, 0.5) is 0 Å². The van der Waals surface area contributed by atoms with E-state index in [1.165, 1.54) is 0 Å². The second kappa shape index (κ2) is 2.73. The molecule has 2 aliphatic rings. The molecule has 1 unspecified atom stereocenters. The van der Waals surface area contributed by atoms with Crippen molar-refractivity contribution in [2.75, 3.05) is 11.5 Å². The molecule has 2 rings (SSSR count). The zero-order valence-corrected chi connectivity index (χ0v) is 7.43. The van der Waals surface area contributed by atoms with Crippen molar-refractivity contribution in [2.24, 2.45) is 5.73 Å². The van der Waals surface area contributed by atoms with Crippen molar-refractivity contribution >= 4 is 29.4 Å². The van der Waals surface area contributed by atoms with E-state index in [1.54, 1.807) is 23.5 Å². The average Bonchev–Trinajstić information content (AvgIpc) is 2.30. The minimum atomic E-state index is -0.240. The van der Waals surface area contributed by atoms with Gasteiger partial charge in [0.25, 0.3) is 5.91 Å². The fraction of sp³-hybridized carbons (Fsp3) is 0.500. The van der Waals surface area contributed by atoms with Gasteiger partial charge in [0.15, 0.2) is 0 Å². The number of hydrogen-bond acceptors (Lipinski definition) is 4. The first-order valence-corrected chi connectivity index (χ1v) is 5.32. The molecule has 0 saturated carbocycles. The highest BCUT2D eigenvalue weighted by Crippen LogP contribution is 2.37. The number of carbonyl (C=O) groups excluding carboxylic acids is 1. The molecule has 1 atom stereocenters. The average molecular weight is 188 g/mol. The highest BCUT2D eigenvalue weighted by atomic mass is 32.2. The summed E-state index contributed by atoms with van der Waals surface area (Å²) in [7, 11) is 0. The van der Waals surface area contributed by atoms with Gasteiger partial charge < -0.3 is 11.1 Å². The second-order valence-electron chi connectivity index (χ2n) is 2.34. The lowest BCUT2D eigenvalue weighted by Crippen LogP contribution is -2.35. The first kappa shape index (κ1) is 7.52. The van der Waals surface area contributed by atoms with Gasteiger partial charge in [0.1, 0.15) is 6.17 Å². The van der Waals surface area contributed by atoms with Crippen LogP contribution in [0.3, 0.4) is 0 Å². The lowest BCUT2D eigenvalue weighted by molar-refractivity contribution is -0.116. The number of thioether (sulfide) groups is 2. The molecule has 0 radical (unpaired) electrons. The van der Waals surface area contributed by atoms with Gasteiger partial charge in [0.2, 0.25) is 0 Å². The smallest absolute Gasteiger partial charge is 0.260 e. The van der Waals surface area contributed by atoms with E-state index in [-0.39, 0.29) is 12.1 Å². The van der Waals surface area contributed by atoms with Gasteiger partial charge in [-0.3, -0.25) is 4.79 Å². The minimum absolute atomic E-state index is 0.00435. The number of nitrogens with two attached hydrogens (primary N) is 1. The van der Waals surface area contributed by atoms with Crippen LogP contribution in [0.1, 0.15) is 0 Å². The Morgan fingerprint density at radius 2 is 2.18 bits per heavy atom. The number of rotatable bonds is 0. The molecule has 2 heterocycles. The van der Waals surface area contributed by atoms with Crippen molar-refractivity contribution in [3.05, 3.63) is 9.81 Å². The molecule has 60 valence electrons. The van der Waals surface area contributed by atoms with Crippen LogP contribution in [0.2, 0.25) is 0 Å². The quantitative estimate of drug-likeness (QED) is 0.566. The molecule has 0 fully saturated rings. The first-order chi connectivity index (χ1) is 5.29. The molecule has 3 nitrogen and oxygen atoms in total. The van der Waals surface area contributed by atoms with E-state index in [4.69, 9.17) is 5.73 Å². The molecule has 2 aliphatic heterocycles. The molecule has 1 amide bonds. The van der Waals surface area contributed by atoms with Gasteiger partial charge >= 0.3 is 0 Å². The third-order valence-corrected chi connectivity index (χ3v) is 4.25. The third-order valence-electron chi connectivity index (χ3n) is 1.59. The molecule has 0 aliphatic carbocycles. The van der Waals surface area contributed by atoms with Gasteiger partial charge in [0, 0.05) is 16.4 Å². The maximum Gasteiger partial charge on any atom is 0.260 e. The summed E-state index contributed by atoms with van der Waals surface area (Å²) in [5.41, 5.74) is 5.66. The summed E-state index contributed by atoms with van der Waals surface area (Å²) in [5, 5.41) is 2.68. The van der Waals surface area contributed by atoms with Crippen LogP contribution >= 0.6 is 23.5 Å². The Labute approximate surface area is 73.2 Å². The van der Waals surface area contributed by atoms with Crippen LogP contribution < -0.4 is 11.1 Å². The zero-order chi connectivity index (χ0) is 7.84. The van der Waals surface area contributed by atoms with Crippen molar-refractivity contribution in [2.45, 2.75) is 6.17 Å². The number of carbonyl (C=O) groups is 1. The van der Waals surface area contributed by atoms with Crippen LogP contribution in [-0.2, 0) is 4.79 Å². The maximum absolute atomic E-state index is 11.1. The van der Waals surface area contributed by atoms with Crippen LogP contribution in [0.5, 0.6) is 0 Å². The molecular weight excluding hydrogens is 180 g/mol. The molecule has 11 heavy (non-hydrogen) atoms. The third kappa shape index (κ3) is 1.17. The van der Waals surface area contributed by atoms with Gasteiger partial charge in [-0.05, 0) is 0 Å². The van der Waals surface area contributed by atoms with Crippen molar-refractivity contribution in [1.82, 2.24) is 5.32 Å². The van der Waals surface area contributed by atoms with Gasteiger partial charge in [-0.2, -0.15) is 0 Å². The van der Waals surface area contributed by atoms with Gasteiger partial charge in [-0.1, -0.05) is 0 Å². The van der Waals surface area contributed by atoms with Gasteiger partial charge in [-0.25, -0.2) is 0 Å². The van der Waals surface area contributed by atoms with Crippen molar-refractivity contribution < 1.29 is 4.79 Å². The number of amides is 1. The standard InChI is InChI=1S/C6H8N2OS2/c7-5-3-4(6(9)8-5)11-2-1-10-3/h5H,1-2,7H2,(H,8,9). The van der Waals surface area contributed by atoms with E-state index in [9.17, 15) is 4.79 Å². The van der Waals surface area contributed by atoms with E-state index in [0.29, 0.717) is 0 Å². The predicted octanol–water partition coefficient (Wildman–Crippen LogP) is 0.0926. The molecular formula is C6H8N2OS2. The maximum atomic E-state index is 11.1. The van der Waals surface area contributed by atoms with Gasteiger partial charge in [0.05, 0.1) is 4.91 Å². The largest absolute Gasteiger partial charge is 0.332 e. The van der Waals surface area contributed by atoms with E-state index >= 15 is 0 Å². The molecule has 0 aromatic rings. The summed E-state index contributed by atoms with van der Waals surface area (Å²) in [6, 6.07) is 0. The van der Waals surface area contributed by atoms with E-state index in [0.717, 1.165) is 21.3 Å². The second-order valence-corrected chi connectivity index (χ2v) is 4.58. The molecule has 0 spiro atoms. The van der Waals surface area contributed by atoms with Crippen molar-refractivity contribution in [1.29, 1.82) is 0 Å². The van der Waals surface area contributed by atoms with Crippen molar-refractivity contribution in [3.8, 4) is 0 Å². The lowest BCUT2D eigenvalue weighted by atomic mass is 10.5. The normalized spacial score (nSPS) is 30.3. The lowest BCUT2D eigenvalue weighted by Gasteiger charge is -2.12. The van der Waals surface area contributed by atoms with Crippen LogP contribution in [-0.4, -0.2) is 23.6 Å². The molecule has 0 aromatic carbocycles. The minimum Gasteiger partial charge on any atom is -0.332 e. The monoisotopic (exact) mass is 188 g/mol. The molecule has 3 N–H and O–H groups in total. The summed E-state index contributed by atoms with van der Waals surface area (Å²) < 4.78 is 0. The molecule has 0 bridgehead atoms. The summed E-state index contributed by atoms with van der Waals surface area (Å²) in [5.74, 6) is 2.08. The highest BCUT2D eigenvalue weighted by molar-refractivity contribution is 8.10. The fourth-order valence-corrected chi connectivity index (χ4v) is 3.48.